The van der Waals surface area contributed by atoms with Crippen LogP contribution in [-0.2, 0) is 23.0 Å². The summed E-state index contributed by atoms with van der Waals surface area (Å²) in [6, 6.07) is 16.9. The number of sulfonamides is 1. The minimum Gasteiger partial charge on any atom is -0.336 e. The van der Waals surface area contributed by atoms with Crippen LogP contribution < -0.4 is 15.4 Å². The second-order valence-corrected chi connectivity index (χ2v) is 8.08. The van der Waals surface area contributed by atoms with E-state index in [4.69, 9.17) is 0 Å². The van der Waals surface area contributed by atoms with Gasteiger partial charge in [-0.1, -0.05) is 42.5 Å². The highest BCUT2D eigenvalue weighted by Crippen LogP contribution is 2.11. The molecule has 0 heterocycles. The molecule has 0 radical (unpaired) electrons. The monoisotopic (exact) mass is 375 g/mol. The molecule has 0 fully saturated rings. The lowest BCUT2D eigenvalue weighted by Gasteiger charge is -2.15. The van der Waals surface area contributed by atoms with E-state index in [0.717, 1.165) is 24.7 Å². The van der Waals surface area contributed by atoms with Crippen LogP contribution in [0.4, 0.5) is 10.5 Å². The van der Waals surface area contributed by atoms with Crippen LogP contribution in [0, 0.1) is 0 Å². The lowest BCUT2D eigenvalue weighted by Crippen LogP contribution is -2.40. The Kier molecular flexibility index (Phi) is 7.03. The van der Waals surface area contributed by atoms with E-state index >= 15 is 0 Å². The van der Waals surface area contributed by atoms with Gasteiger partial charge in [0, 0.05) is 18.3 Å². The second-order valence-electron chi connectivity index (χ2n) is 6.33. The number of urea groups is 1. The normalized spacial score (nSPS) is 12.2. The first-order valence-electron chi connectivity index (χ1n) is 8.47. The Morgan fingerprint density at radius 2 is 1.73 bits per heavy atom. The predicted octanol–water partition coefficient (Wildman–Crippen LogP) is 2.88. The molecule has 0 aliphatic carbocycles. The van der Waals surface area contributed by atoms with Gasteiger partial charge < -0.3 is 10.6 Å². The third-order valence-corrected chi connectivity index (χ3v) is 4.38. The SMILES string of the molecule is CC(CCc1ccccc1)NC(=O)NCc1cccc(NS(C)(=O)=O)c1. The van der Waals surface area contributed by atoms with Gasteiger partial charge in [-0.05, 0) is 43.0 Å². The van der Waals surface area contributed by atoms with Gasteiger partial charge in [-0.3, -0.25) is 4.72 Å². The zero-order valence-electron chi connectivity index (χ0n) is 15.0. The highest BCUT2D eigenvalue weighted by molar-refractivity contribution is 7.92. The summed E-state index contributed by atoms with van der Waals surface area (Å²) < 4.78 is 25.0. The van der Waals surface area contributed by atoms with Gasteiger partial charge in [-0.25, -0.2) is 13.2 Å². The summed E-state index contributed by atoms with van der Waals surface area (Å²) in [5.41, 5.74) is 2.53. The molecule has 0 spiro atoms. The summed E-state index contributed by atoms with van der Waals surface area (Å²) in [7, 11) is -3.32. The van der Waals surface area contributed by atoms with Crippen molar-refractivity contribution in [1.29, 1.82) is 0 Å². The number of hydrogen-bond acceptors (Lipinski definition) is 3. The molecule has 0 aliphatic rings. The molecule has 140 valence electrons. The minimum atomic E-state index is -3.32. The van der Waals surface area contributed by atoms with E-state index < -0.39 is 10.0 Å². The summed E-state index contributed by atoms with van der Waals surface area (Å²) in [5.74, 6) is 0. The third kappa shape index (κ3) is 7.57. The molecule has 6 nitrogen and oxygen atoms in total. The Bertz CT molecular complexity index is 823. The lowest BCUT2D eigenvalue weighted by molar-refractivity contribution is 0.237. The summed E-state index contributed by atoms with van der Waals surface area (Å²) >= 11 is 0. The Labute approximate surface area is 155 Å². The second kappa shape index (κ2) is 9.24. The van der Waals surface area contributed by atoms with E-state index in [1.165, 1.54) is 5.56 Å². The maximum absolute atomic E-state index is 12.0. The van der Waals surface area contributed by atoms with Gasteiger partial charge in [-0.15, -0.1) is 0 Å². The topological polar surface area (TPSA) is 87.3 Å². The van der Waals surface area contributed by atoms with E-state index in [2.05, 4.69) is 27.5 Å². The lowest BCUT2D eigenvalue weighted by atomic mass is 10.1. The molecule has 0 aliphatic heterocycles. The molecule has 0 saturated heterocycles. The van der Waals surface area contributed by atoms with Crippen LogP contribution in [0.5, 0.6) is 0 Å². The van der Waals surface area contributed by atoms with Crippen LogP contribution in [-0.4, -0.2) is 26.7 Å². The molecule has 26 heavy (non-hydrogen) atoms. The molecule has 2 aromatic rings. The zero-order valence-corrected chi connectivity index (χ0v) is 15.8. The molecule has 1 atom stereocenters. The smallest absolute Gasteiger partial charge is 0.315 e. The standard InChI is InChI=1S/C19H25N3O3S/c1-15(11-12-16-7-4-3-5-8-16)21-19(23)20-14-17-9-6-10-18(13-17)22-26(2,24)25/h3-10,13,15,22H,11-12,14H2,1-2H3,(H2,20,21,23). The van der Waals surface area contributed by atoms with Gasteiger partial charge in [0.1, 0.15) is 0 Å². The minimum absolute atomic E-state index is 0.0495. The van der Waals surface area contributed by atoms with E-state index in [1.807, 2.05) is 31.2 Å². The summed E-state index contributed by atoms with van der Waals surface area (Å²) in [4.78, 5) is 12.0. The zero-order chi connectivity index (χ0) is 19.0. The molecule has 0 bridgehead atoms. The van der Waals surface area contributed by atoms with Crippen molar-refractivity contribution in [2.24, 2.45) is 0 Å². The fourth-order valence-electron chi connectivity index (χ4n) is 2.52. The van der Waals surface area contributed by atoms with Gasteiger partial charge in [0.15, 0.2) is 0 Å². The number of nitrogens with one attached hydrogen (secondary N) is 3. The fourth-order valence-corrected chi connectivity index (χ4v) is 3.07. The summed E-state index contributed by atoms with van der Waals surface area (Å²) in [6.07, 6.45) is 2.86. The van der Waals surface area contributed by atoms with Crippen molar-refractivity contribution in [3.05, 3.63) is 65.7 Å². The number of carbonyl (C=O) groups is 1. The van der Waals surface area contributed by atoms with Gasteiger partial charge in [0.2, 0.25) is 10.0 Å². The maximum atomic E-state index is 12.0. The van der Waals surface area contributed by atoms with Crippen molar-refractivity contribution in [3.63, 3.8) is 0 Å². The van der Waals surface area contributed by atoms with Crippen molar-refractivity contribution >= 4 is 21.7 Å². The van der Waals surface area contributed by atoms with Crippen LogP contribution in [0.25, 0.3) is 0 Å². The number of anilines is 1. The Morgan fingerprint density at radius 3 is 2.42 bits per heavy atom. The van der Waals surface area contributed by atoms with E-state index in [9.17, 15) is 13.2 Å². The molecule has 0 saturated carbocycles. The van der Waals surface area contributed by atoms with E-state index in [0.29, 0.717) is 12.2 Å². The fraction of sp³-hybridized carbons (Fsp3) is 0.316. The van der Waals surface area contributed by atoms with Crippen molar-refractivity contribution in [3.8, 4) is 0 Å². The van der Waals surface area contributed by atoms with Crippen molar-refractivity contribution in [2.45, 2.75) is 32.4 Å². The first-order chi connectivity index (χ1) is 12.3. The van der Waals surface area contributed by atoms with Crippen LogP contribution in [0.15, 0.2) is 54.6 Å². The Hall–Kier alpha value is -2.54. The van der Waals surface area contributed by atoms with E-state index in [1.54, 1.807) is 18.2 Å². The molecule has 2 aromatic carbocycles. The van der Waals surface area contributed by atoms with Crippen LogP contribution in [0.2, 0.25) is 0 Å². The Morgan fingerprint density at radius 1 is 1.04 bits per heavy atom. The number of rotatable bonds is 8. The number of amides is 2. The highest BCUT2D eigenvalue weighted by Gasteiger charge is 2.08. The third-order valence-electron chi connectivity index (χ3n) is 3.77. The van der Waals surface area contributed by atoms with Crippen molar-refractivity contribution in [1.82, 2.24) is 10.6 Å². The largest absolute Gasteiger partial charge is 0.336 e. The van der Waals surface area contributed by atoms with E-state index in [-0.39, 0.29) is 12.1 Å². The van der Waals surface area contributed by atoms with Crippen molar-refractivity contribution in [2.75, 3.05) is 11.0 Å². The van der Waals surface area contributed by atoms with Crippen LogP contribution in [0.1, 0.15) is 24.5 Å². The maximum Gasteiger partial charge on any atom is 0.315 e. The molecule has 2 amide bonds. The number of benzene rings is 2. The number of aryl methyl sites for hydroxylation is 1. The molecule has 2 rings (SSSR count). The molecule has 0 aromatic heterocycles. The molecule has 7 heteroatoms. The molecule has 1 unspecified atom stereocenters. The van der Waals surface area contributed by atoms with Gasteiger partial charge in [0.25, 0.3) is 0 Å². The highest BCUT2D eigenvalue weighted by atomic mass is 32.2. The average molecular weight is 375 g/mol. The van der Waals surface area contributed by atoms with Crippen LogP contribution >= 0.6 is 0 Å². The Balaban J connectivity index is 1.76. The summed E-state index contributed by atoms with van der Waals surface area (Å²) in [5, 5.41) is 5.70. The van der Waals surface area contributed by atoms with Crippen molar-refractivity contribution < 1.29 is 13.2 Å². The summed E-state index contributed by atoms with van der Waals surface area (Å²) in [6.45, 7) is 2.29. The number of hydrogen-bond donors (Lipinski definition) is 3. The number of carbonyl (C=O) groups excluding carboxylic acids is 1. The first-order valence-corrected chi connectivity index (χ1v) is 10.4. The first kappa shape index (κ1) is 19.8. The van der Waals surface area contributed by atoms with Gasteiger partial charge >= 0.3 is 6.03 Å². The molecule has 3 N–H and O–H groups in total. The van der Waals surface area contributed by atoms with Gasteiger partial charge in [-0.2, -0.15) is 0 Å². The average Bonchev–Trinajstić information content (AvgIpc) is 2.58. The molecular formula is C19H25N3O3S. The predicted molar refractivity (Wildman–Crippen MR) is 105 cm³/mol. The molecular weight excluding hydrogens is 350 g/mol. The van der Waals surface area contributed by atoms with Crippen LogP contribution in [0.3, 0.4) is 0 Å². The van der Waals surface area contributed by atoms with Gasteiger partial charge in [0.05, 0.1) is 6.26 Å². The quantitative estimate of drug-likeness (QED) is 0.663.